The maximum Gasteiger partial charge on any atom is 0.417 e. The Labute approximate surface area is 174 Å². The minimum Gasteiger partial charge on any atom is -0.380 e. The van der Waals surface area contributed by atoms with E-state index in [-0.39, 0.29) is 21.7 Å². The molecule has 2 nitrogen and oxygen atoms in total. The van der Waals surface area contributed by atoms with Crippen LogP contribution in [0.2, 0.25) is 5.02 Å². The van der Waals surface area contributed by atoms with E-state index in [4.69, 9.17) is 16.9 Å². The van der Waals surface area contributed by atoms with Crippen molar-refractivity contribution >= 4 is 11.6 Å². The molecule has 0 aromatic heterocycles. The van der Waals surface area contributed by atoms with Crippen molar-refractivity contribution in [1.29, 1.82) is 5.26 Å². The largest absolute Gasteiger partial charge is 0.417 e. The Morgan fingerprint density at radius 3 is 2.07 bits per heavy atom. The van der Waals surface area contributed by atoms with Crippen LogP contribution >= 0.6 is 11.6 Å². The second-order valence-electron chi connectivity index (χ2n) is 7.76. The van der Waals surface area contributed by atoms with Crippen molar-refractivity contribution in [2.75, 3.05) is 0 Å². The second kappa shape index (κ2) is 8.12. The van der Waals surface area contributed by atoms with Crippen molar-refractivity contribution in [3.63, 3.8) is 0 Å². The molecule has 0 bridgehead atoms. The maximum absolute atomic E-state index is 13.9. The molecule has 1 N–H and O–H groups in total. The van der Waals surface area contributed by atoms with E-state index in [1.54, 1.807) is 6.07 Å². The highest BCUT2D eigenvalue weighted by Gasteiger charge is 2.56. The molecule has 0 aliphatic rings. The number of alkyl halides is 6. The molecule has 1 unspecified atom stereocenters. The van der Waals surface area contributed by atoms with E-state index in [1.807, 2.05) is 0 Å². The Kier molecular flexibility index (Phi) is 6.51. The van der Waals surface area contributed by atoms with Crippen LogP contribution in [0.1, 0.15) is 42.5 Å². The fraction of sp³-hybridized carbons (Fsp3) is 0.381. The zero-order valence-electron chi connectivity index (χ0n) is 16.0. The summed E-state index contributed by atoms with van der Waals surface area (Å²) in [5.74, 6) is 0. The number of nitriles is 1. The minimum absolute atomic E-state index is 0.00549. The summed E-state index contributed by atoms with van der Waals surface area (Å²) in [4.78, 5) is 0. The summed E-state index contributed by atoms with van der Waals surface area (Å²) in [7, 11) is 0. The van der Waals surface area contributed by atoms with E-state index in [9.17, 15) is 31.4 Å². The molecular weight excluding hydrogens is 432 g/mol. The average Bonchev–Trinajstić information content (AvgIpc) is 2.61. The van der Waals surface area contributed by atoms with Gasteiger partial charge in [0, 0.05) is 11.4 Å². The fourth-order valence-corrected chi connectivity index (χ4v) is 3.54. The quantitative estimate of drug-likeness (QED) is 0.534. The van der Waals surface area contributed by atoms with Crippen LogP contribution in [0.25, 0.3) is 0 Å². The number of benzene rings is 2. The van der Waals surface area contributed by atoms with Crippen molar-refractivity contribution in [2.24, 2.45) is 0 Å². The van der Waals surface area contributed by atoms with Crippen LogP contribution in [-0.2, 0) is 18.0 Å². The number of rotatable bonds is 5. The van der Waals surface area contributed by atoms with Crippen LogP contribution in [0.15, 0.2) is 42.5 Å². The molecule has 0 aliphatic carbocycles. The highest BCUT2D eigenvalue weighted by atomic mass is 35.5. The van der Waals surface area contributed by atoms with E-state index in [2.05, 4.69) is 0 Å². The molecule has 30 heavy (non-hydrogen) atoms. The lowest BCUT2D eigenvalue weighted by Gasteiger charge is -2.38. The van der Waals surface area contributed by atoms with Crippen molar-refractivity contribution < 1.29 is 31.4 Å². The van der Waals surface area contributed by atoms with Gasteiger partial charge in [0.05, 0.1) is 17.2 Å². The van der Waals surface area contributed by atoms with E-state index < -0.39 is 41.8 Å². The van der Waals surface area contributed by atoms with Gasteiger partial charge in [-0.25, -0.2) is 0 Å². The third-order valence-electron chi connectivity index (χ3n) is 4.90. The molecule has 0 saturated heterocycles. The summed E-state index contributed by atoms with van der Waals surface area (Å²) in [6.07, 6.45) is -11.5. The standard InChI is InChI=1S/C21H18ClF6NO/c1-18(2,15-4-3-5-16(9-15)20(23,24)25)12-19(30,21(26,27)28)10-14-7-6-13(11-29)8-17(14)22/h3-9,30H,10,12H2,1-2H3. The molecule has 0 saturated carbocycles. The van der Waals surface area contributed by atoms with Crippen LogP contribution in [0.4, 0.5) is 26.3 Å². The third kappa shape index (κ3) is 5.27. The van der Waals surface area contributed by atoms with E-state index in [0.29, 0.717) is 0 Å². The topological polar surface area (TPSA) is 44.0 Å². The second-order valence-corrected chi connectivity index (χ2v) is 8.17. The van der Waals surface area contributed by atoms with Crippen LogP contribution < -0.4 is 0 Å². The number of nitrogens with zero attached hydrogens (tertiary/aromatic N) is 1. The van der Waals surface area contributed by atoms with Gasteiger partial charge >= 0.3 is 12.4 Å². The van der Waals surface area contributed by atoms with E-state index in [1.165, 1.54) is 38.1 Å². The first kappa shape index (κ1) is 24.0. The molecule has 0 fully saturated rings. The molecule has 2 aromatic rings. The molecular formula is C21H18ClF6NO. The molecule has 0 heterocycles. The lowest BCUT2D eigenvalue weighted by atomic mass is 9.72. The molecule has 1 atom stereocenters. The van der Waals surface area contributed by atoms with Gasteiger partial charge in [-0.15, -0.1) is 0 Å². The molecule has 2 aromatic carbocycles. The summed E-state index contributed by atoms with van der Waals surface area (Å²) < 4.78 is 80.6. The summed E-state index contributed by atoms with van der Waals surface area (Å²) in [5, 5.41) is 19.3. The first-order chi connectivity index (χ1) is 13.6. The zero-order valence-corrected chi connectivity index (χ0v) is 16.8. The Balaban J connectivity index is 2.44. The van der Waals surface area contributed by atoms with Gasteiger partial charge in [0.25, 0.3) is 0 Å². The molecule has 0 spiro atoms. The van der Waals surface area contributed by atoms with Crippen LogP contribution in [-0.4, -0.2) is 16.9 Å². The highest BCUT2D eigenvalue weighted by molar-refractivity contribution is 6.31. The van der Waals surface area contributed by atoms with E-state index >= 15 is 0 Å². The van der Waals surface area contributed by atoms with Crippen molar-refractivity contribution in [1.82, 2.24) is 0 Å². The first-order valence-corrected chi connectivity index (χ1v) is 9.12. The molecule has 9 heteroatoms. The predicted octanol–water partition coefficient (Wildman–Crippen LogP) is 6.43. The molecule has 0 radical (unpaired) electrons. The summed E-state index contributed by atoms with van der Waals surface area (Å²) >= 11 is 5.97. The molecule has 162 valence electrons. The van der Waals surface area contributed by atoms with Gasteiger partial charge in [0.1, 0.15) is 0 Å². The van der Waals surface area contributed by atoms with Crippen LogP contribution in [0.5, 0.6) is 0 Å². The van der Waals surface area contributed by atoms with Gasteiger partial charge in [-0.1, -0.05) is 49.7 Å². The molecule has 2 rings (SSSR count). The lowest BCUT2D eigenvalue weighted by molar-refractivity contribution is -0.266. The monoisotopic (exact) mass is 449 g/mol. The zero-order chi connectivity index (χ0) is 23.0. The lowest BCUT2D eigenvalue weighted by Crippen LogP contribution is -2.50. The summed E-state index contributed by atoms with van der Waals surface area (Å²) in [6.45, 7) is 2.67. The van der Waals surface area contributed by atoms with Crippen LogP contribution in [0.3, 0.4) is 0 Å². The van der Waals surface area contributed by atoms with Crippen LogP contribution in [0, 0.1) is 11.3 Å². The number of aliphatic hydroxyl groups is 1. The number of halogens is 7. The number of hydrogen-bond donors (Lipinski definition) is 1. The van der Waals surface area contributed by atoms with Gasteiger partial charge in [-0.3, -0.25) is 0 Å². The third-order valence-corrected chi connectivity index (χ3v) is 5.25. The normalized spacial score (nSPS) is 14.8. The maximum atomic E-state index is 13.9. The van der Waals surface area contributed by atoms with Gasteiger partial charge in [0.2, 0.25) is 0 Å². The Hall–Kier alpha value is -2.24. The van der Waals surface area contributed by atoms with Gasteiger partial charge in [-0.2, -0.15) is 31.6 Å². The highest BCUT2D eigenvalue weighted by Crippen LogP contribution is 2.44. The van der Waals surface area contributed by atoms with Gasteiger partial charge in [0.15, 0.2) is 5.60 Å². The Morgan fingerprint density at radius 1 is 0.967 bits per heavy atom. The smallest absolute Gasteiger partial charge is 0.380 e. The van der Waals surface area contributed by atoms with Gasteiger partial charge in [-0.05, 0) is 41.2 Å². The molecule has 0 amide bonds. The van der Waals surface area contributed by atoms with Crippen molar-refractivity contribution in [3.8, 4) is 6.07 Å². The van der Waals surface area contributed by atoms with Crippen molar-refractivity contribution in [2.45, 2.75) is 50.1 Å². The fourth-order valence-electron chi connectivity index (χ4n) is 3.29. The molecule has 0 aliphatic heterocycles. The van der Waals surface area contributed by atoms with Crippen molar-refractivity contribution in [3.05, 3.63) is 69.7 Å². The van der Waals surface area contributed by atoms with Gasteiger partial charge < -0.3 is 5.11 Å². The first-order valence-electron chi connectivity index (χ1n) is 8.74. The average molecular weight is 450 g/mol. The predicted molar refractivity (Wildman–Crippen MR) is 100.0 cm³/mol. The Morgan fingerprint density at radius 2 is 1.57 bits per heavy atom. The SMILES string of the molecule is CC(C)(CC(O)(Cc1ccc(C#N)cc1Cl)C(F)(F)F)c1cccc(C(F)(F)F)c1. The number of hydrogen-bond acceptors (Lipinski definition) is 2. The summed E-state index contributed by atoms with van der Waals surface area (Å²) in [5.41, 5.74) is -5.59. The minimum atomic E-state index is -5.08. The van der Waals surface area contributed by atoms with E-state index in [0.717, 1.165) is 18.2 Å². The summed E-state index contributed by atoms with van der Waals surface area (Å²) in [6, 6.07) is 9.50. The Bertz CT molecular complexity index is 961.